The van der Waals surface area contributed by atoms with Gasteiger partial charge in [0.25, 0.3) is 0 Å². The molecule has 64 heavy (non-hydrogen) atoms. The van der Waals surface area contributed by atoms with Crippen LogP contribution in [-0.2, 0) is 72.2 Å². The van der Waals surface area contributed by atoms with Gasteiger partial charge in [-0.05, 0) is 52.7 Å². The molecule has 0 spiro atoms. The van der Waals surface area contributed by atoms with Crippen molar-refractivity contribution in [1.82, 2.24) is 4.72 Å². The van der Waals surface area contributed by atoms with Crippen molar-refractivity contribution in [3.05, 3.63) is 138 Å². The Morgan fingerprint density at radius 1 is 0.625 bits per heavy atom. The third-order valence-electron chi connectivity index (χ3n) is 12.1. The van der Waals surface area contributed by atoms with Crippen LogP contribution in [0.5, 0.6) is 0 Å². The Hall–Kier alpha value is -3.65. The molecule has 1 N–H and O–H groups in total. The number of rotatable bonds is 23. The highest BCUT2D eigenvalue weighted by atomic mass is 32.2. The third kappa shape index (κ3) is 12.2. The second-order valence-corrected chi connectivity index (χ2v) is 23.9. The Balaban J connectivity index is 1.29. The molecule has 0 aromatic heterocycles. The van der Waals surface area contributed by atoms with Crippen LogP contribution >= 0.6 is 11.8 Å². The van der Waals surface area contributed by atoms with Crippen LogP contribution in [-0.4, -0.2) is 102 Å². The molecule has 13 nitrogen and oxygen atoms in total. The lowest BCUT2D eigenvalue weighted by atomic mass is 9.96. The van der Waals surface area contributed by atoms with Crippen LogP contribution in [0.15, 0.2) is 126 Å². The highest BCUT2D eigenvalue weighted by Crippen LogP contribution is 2.40. The molecule has 0 aliphatic carbocycles. The monoisotopic (exact) mass is 935 g/mol. The maximum absolute atomic E-state index is 14.3. The summed E-state index contributed by atoms with van der Waals surface area (Å²) in [6.45, 7) is 9.23. The van der Waals surface area contributed by atoms with Crippen molar-refractivity contribution < 1.29 is 55.5 Å². The summed E-state index contributed by atoms with van der Waals surface area (Å²) in [5.41, 5.74) is 2.12. The van der Waals surface area contributed by atoms with E-state index in [1.807, 2.05) is 97.9 Å². The number of carbonyl (C=O) groups is 1. The molecule has 3 aliphatic heterocycles. The summed E-state index contributed by atoms with van der Waals surface area (Å²) in [5.74, 6) is 0.627. The molecule has 346 valence electrons. The van der Waals surface area contributed by atoms with Gasteiger partial charge in [0.2, 0.25) is 10.0 Å². The maximum Gasteiger partial charge on any atom is 0.509 e. The third-order valence-corrected chi connectivity index (χ3v) is 19.2. The summed E-state index contributed by atoms with van der Waals surface area (Å²) in [7, 11) is -6.64. The standard InChI is InChI=1S/C48H61NO12S2Si/c1-5-62-47-40(49-63(51,52)37-27-19-12-20-28-37)43(61-64(6-2,7-3)8-4)41(39(57-47)33-54-30-35-23-15-10-16-24-35)58-46-45(55-31-36-25-17-11-18-26-36)44-42(59-48(50)60-44)38(56-46)32-53-29-34-21-13-9-14-22-34/h9-28,38-47,49H,5-8,29-33H2,1-4H3/t38-,39-,40-,41-,42+,43-,44+,45-,46+,47+/m1/s1. The van der Waals surface area contributed by atoms with Crippen LogP contribution in [0.1, 0.15) is 44.4 Å². The van der Waals surface area contributed by atoms with Gasteiger partial charge in [-0.15, -0.1) is 11.8 Å². The van der Waals surface area contributed by atoms with Crippen molar-refractivity contribution in [1.29, 1.82) is 0 Å². The SMILES string of the molecule is CCS[C@@H]1O[C@H](COCc2ccccc2)[C@@H](O[C@@H]2O[C@H](COCc3ccccc3)[C@@H]3OC(=O)O[C@@H]3[C@H]2OCc2ccccc2)[C@H](O[Si](CC)(CC)CC)[C@H]1NS(=O)(=O)c1ccccc1. The summed E-state index contributed by atoms with van der Waals surface area (Å²) in [6, 6.07) is 38.9. The van der Waals surface area contributed by atoms with Crippen molar-refractivity contribution in [2.45, 2.75) is 131 Å². The first kappa shape index (κ1) is 48.3. The lowest BCUT2D eigenvalue weighted by molar-refractivity contribution is -0.329. The van der Waals surface area contributed by atoms with Crippen molar-refractivity contribution >= 4 is 36.3 Å². The molecule has 0 saturated carbocycles. The first-order valence-electron chi connectivity index (χ1n) is 22.2. The number of sulfonamides is 1. The van der Waals surface area contributed by atoms with Crippen LogP contribution in [0.4, 0.5) is 4.79 Å². The smallest absolute Gasteiger partial charge is 0.424 e. The summed E-state index contributed by atoms with van der Waals surface area (Å²) >= 11 is 1.49. The number of fused-ring (bicyclic) bond motifs is 1. The number of hydrogen-bond donors (Lipinski definition) is 1. The number of carbonyl (C=O) groups excluding carboxylic acids is 1. The van der Waals surface area contributed by atoms with Crippen LogP contribution in [0.3, 0.4) is 0 Å². The van der Waals surface area contributed by atoms with Gasteiger partial charge in [-0.2, -0.15) is 0 Å². The van der Waals surface area contributed by atoms with Gasteiger partial charge >= 0.3 is 6.16 Å². The fourth-order valence-electron chi connectivity index (χ4n) is 8.39. The highest BCUT2D eigenvalue weighted by Gasteiger charge is 2.58. The molecule has 16 heteroatoms. The summed E-state index contributed by atoms with van der Waals surface area (Å²) in [6.07, 6.45) is -8.36. The van der Waals surface area contributed by atoms with Gasteiger partial charge in [-0.1, -0.05) is 137 Å². The number of benzene rings is 4. The zero-order valence-corrected chi connectivity index (χ0v) is 39.5. The molecule has 7 rings (SSSR count). The van der Waals surface area contributed by atoms with Gasteiger partial charge in [0.15, 0.2) is 26.8 Å². The number of hydrogen-bond acceptors (Lipinski definition) is 13. The molecular formula is C48H61NO12S2Si. The van der Waals surface area contributed by atoms with Crippen LogP contribution in [0.25, 0.3) is 0 Å². The van der Waals surface area contributed by atoms with Gasteiger partial charge in [0.1, 0.15) is 29.9 Å². The van der Waals surface area contributed by atoms with E-state index >= 15 is 0 Å². The second kappa shape index (κ2) is 23.2. The van der Waals surface area contributed by atoms with Crippen molar-refractivity contribution in [2.24, 2.45) is 0 Å². The van der Waals surface area contributed by atoms with Gasteiger partial charge in [0, 0.05) is 0 Å². The van der Waals surface area contributed by atoms with Gasteiger partial charge in [-0.3, -0.25) is 0 Å². The van der Waals surface area contributed by atoms with Gasteiger partial charge in [0.05, 0.1) is 50.1 Å². The molecular weight excluding hydrogens is 875 g/mol. The molecule has 0 amide bonds. The number of thioether (sulfide) groups is 1. The molecule has 4 aromatic carbocycles. The molecule has 10 atom stereocenters. The van der Waals surface area contributed by atoms with Crippen LogP contribution in [0.2, 0.25) is 18.1 Å². The molecule has 3 aliphatic rings. The summed E-state index contributed by atoms with van der Waals surface area (Å²) < 4.78 is 91.1. The lowest BCUT2D eigenvalue weighted by Crippen LogP contribution is -2.68. The first-order valence-corrected chi connectivity index (χ1v) is 27.3. The van der Waals surface area contributed by atoms with E-state index in [-0.39, 0.29) is 31.3 Å². The molecule has 3 heterocycles. The summed E-state index contributed by atoms with van der Waals surface area (Å²) in [4.78, 5) is 13.1. The van der Waals surface area contributed by atoms with E-state index in [0.29, 0.717) is 12.4 Å². The normalized spacial score (nSPS) is 27.1. The van der Waals surface area contributed by atoms with Crippen LogP contribution in [0, 0.1) is 0 Å². The molecule has 0 radical (unpaired) electrons. The Labute approximate surface area is 382 Å². The number of ether oxygens (including phenoxy) is 8. The highest BCUT2D eigenvalue weighted by molar-refractivity contribution is 7.99. The van der Waals surface area contributed by atoms with Crippen LogP contribution < -0.4 is 4.72 Å². The largest absolute Gasteiger partial charge is 0.509 e. The fourth-order valence-corrected chi connectivity index (χ4v) is 13.6. The predicted octanol–water partition coefficient (Wildman–Crippen LogP) is 8.24. The quantitative estimate of drug-likeness (QED) is 0.0564. The van der Waals surface area contributed by atoms with Crippen molar-refractivity contribution in [3.63, 3.8) is 0 Å². The summed E-state index contributed by atoms with van der Waals surface area (Å²) in [5, 5.41) is 0. The zero-order valence-electron chi connectivity index (χ0n) is 36.9. The van der Waals surface area contributed by atoms with E-state index in [4.69, 9.17) is 42.3 Å². The van der Waals surface area contributed by atoms with E-state index in [2.05, 4.69) is 25.5 Å². The van der Waals surface area contributed by atoms with E-state index in [1.165, 1.54) is 11.8 Å². The average molecular weight is 936 g/mol. The first-order chi connectivity index (χ1) is 31.2. The van der Waals surface area contributed by atoms with E-state index in [9.17, 15) is 13.2 Å². The molecule has 3 saturated heterocycles. The topological polar surface area (TPSA) is 146 Å². The van der Waals surface area contributed by atoms with Crippen molar-refractivity contribution in [3.8, 4) is 0 Å². The van der Waals surface area contributed by atoms with Gasteiger partial charge in [-0.25, -0.2) is 17.9 Å². The Kier molecular flexibility index (Phi) is 17.5. The molecule has 4 aromatic rings. The zero-order chi connectivity index (χ0) is 44.9. The average Bonchev–Trinajstić information content (AvgIpc) is 3.72. The Morgan fingerprint density at radius 3 is 1.69 bits per heavy atom. The van der Waals surface area contributed by atoms with E-state index < -0.39 is 85.0 Å². The Morgan fingerprint density at radius 2 is 1.14 bits per heavy atom. The van der Waals surface area contributed by atoms with Crippen molar-refractivity contribution in [2.75, 3.05) is 19.0 Å². The molecule has 0 bridgehead atoms. The fraction of sp³-hybridized carbons (Fsp3) is 0.479. The predicted molar refractivity (Wildman–Crippen MR) is 245 cm³/mol. The van der Waals surface area contributed by atoms with E-state index in [0.717, 1.165) is 34.8 Å². The maximum atomic E-state index is 14.3. The minimum absolute atomic E-state index is 0.0366. The second-order valence-electron chi connectivity index (χ2n) is 16.1. The minimum Gasteiger partial charge on any atom is -0.424 e. The van der Waals surface area contributed by atoms with E-state index in [1.54, 1.807) is 30.3 Å². The number of nitrogens with one attached hydrogen (secondary N) is 1. The lowest BCUT2D eigenvalue weighted by Gasteiger charge is -2.51. The Bertz CT molecular complexity index is 2120. The minimum atomic E-state index is -4.10. The molecule has 0 unspecified atom stereocenters. The van der Waals surface area contributed by atoms with Gasteiger partial charge < -0.3 is 42.3 Å². The molecule has 3 fully saturated rings.